The van der Waals surface area contributed by atoms with Crippen LogP contribution in [-0.2, 0) is 42.8 Å². The predicted octanol–water partition coefficient (Wildman–Crippen LogP) is 3.21. The predicted molar refractivity (Wildman–Crippen MR) is 175 cm³/mol. The molecule has 1 unspecified atom stereocenters. The zero-order chi connectivity index (χ0) is 37.0. The number of nitrogens with one attached hydrogen (secondary N) is 2. The molecule has 18 heteroatoms. The number of hydrogen-bond donors (Lipinski definition) is 4. The summed E-state index contributed by atoms with van der Waals surface area (Å²) in [4.78, 5) is 62.4. The topological polar surface area (TPSA) is 205 Å². The van der Waals surface area contributed by atoms with Crippen molar-refractivity contribution < 1.29 is 62.6 Å². The van der Waals surface area contributed by atoms with Gasteiger partial charge in [-0.2, -0.15) is 0 Å². The van der Waals surface area contributed by atoms with Gasteiger partial charge >= 0.3 is 30.1 Å². The Balaban J connectivity index is 1.66. The van der Waals surface area contributed by atoms with Gasteiger partial charge in [0.2, 0.25) is 15.3 Å². The number of halogens is 3. The van der Waals surface area contributed by atoms with E-state index in [0.29, 0.717) is 0 Å². The molecule has 2 aromatic carbocycles. The third kappa shape index (κ3) is 8.71. The first-order valence-electron chi connectivity index (χ1n) is 15.1. The summed E-state index contributed by atoms with van der Waals surface area (Å²) >= 11 is 17.0. The van der Waals surface area contributed by atoms with Crippen molar-refractivity contribution in [3.63, 3.8) is 0 Å². The first-order valence-corrected chi connectivity index (χ1v) is 16.2. The van der Waals surface area contributed by atoms with Crippen LogP contribution in [0, 0.1) is 0 Å². The number of aliphatic hydroxyl groups is 2. The quantitative estimate of drug-likeness (QED) is 0.119. The van der Waals surface area contributed by atoms with E-state index in [9.17, 15) is 34.2 Å². The van der Waals surface area contributed by atoms with Crippen molar-refractivity contribution >= 4 is 64.9 Å². The van der Waals surface area contributed by atoms with Gasteiger partial charge in [0.05, 0.1) is 6.04 Å². The largest absolute Gasteiger partial charge is 0.463 e. The number of esters is 3. The minimum atomic E-state index is -3.30. The lowest BCUT2D eigenvalue weighted by molar-refractivity contribution is -0.401. The summed E-state index contributed by atoms with van der Waals surface area (Å²) in [5.74, 6) is -6.41. The molecule has 0 aromatic heterocycles. The molecule has 4 N–H and O–H groups in total. The number of benzene rings is 2. The van der Waals surface area contributed by atoms with E-state index < -0.39 is 83.0 Å². The van der Waals surface area contributed by atoms with E-state index in [1.807, 2.05) is 53.8 Å². The van der Waals surface area contributed by atoms with Gasteiger partial charge in [0.25, 0.3) is 0 Å². The van der Waals surface area contributed by atoms with Crippen LogP contribution < -0.4 is 10.6 Å². The molecule has 1 aliphatic carbocycles. The minimum Gasteiger partial charge on any atom is -0.463 e. The van der Waals surface area contributed by atoms with Crippen LogP contribution in [0.3, 0.4) is 0 Å². The van der Waals surface area contributed by atoms with Gasteiger partial charge in [0.15, 0.2) is 12.2 Å². The molecular weight excluding hydrogens is 727 g/mol. The number of hydrogen-bond acceptors (Lipinski definition) is 13. The van der Waals surface area contributed by atoms with Crippen molar-refractivity contribution in [1.82, 2.24) is 10.6 Å². The molecule has 4 rings (SSSR count). The van der Waals surface area contributed by atoms with Crippen LogP contribution in [0.4, 0.5) is 9.59 Å². The van der Waals surface area contributed by atoms with Gasteiger partial charge in [-0.15, -0.1) is 0 Å². The van der Waals surface area contributed by atoms with Crippen LogP contribution in [0.25, 0.3) is 11.1 Å². The summed E-state index contributed by atoms with van der Waals surface area (Å²) in [6, 6.07) is 13.5. The van der Waals surface area contributed by atoms with Crippen LogP contribution in [0.15, 0.2) is 48.5 Å². The SMILES string of the molecule is CC(=O)OC[C@H]1O[C@](O)(C(C)NC(=O)OCC2c3ccccc3-c3ccccc32)[C@@](O)(NC(=O)OCC(Cl)(Cl)Cl)[C@@H](OC(C)=O)[C@H]1OC(C)=O. The van der Waals surface area contributed by atoms with Crippen LogP contribution >= 0.6 is 34.8 Å². The molecule has 0 saturated carbocycles. The smallest absolute Gasteiger partial charge is 0.409 e. The Morgan fingerprint density at radius 3 is 1.90 bits per heavy atom. The van der Waals surface area contributed by atoms with E-state index in [2.05, 4.69) is 5.32 Å². The average molecular weight is 762 g/mol. The molecular formula is C32H35Cl3N2O13. The lowest BCUT2D eigenvalue weighted by Gasteiger charge is -2.55. The molecule has 272 valence electrons. The zero-order valence-electron chi connectivity index (χ0n) is 27.1. The normalized spacial score (nSPS) is 24.9. The maximum Gasteiger partial charge on any atom is 0.409 e. The van der Waals surface area contributed by atoms with E-state index in [0.717, 1.165) is 49.9 Å². The summed E-state index contributed by atoms with van der Waals surface area (Å²) in [6.07, 6.45) is -8.33. The van der Waals surface area contributed by atoms with Gasteiger partial charge in [-0.25, -0.2) is 9.59 Å². The van der Waals surface area contributed by atoms with Gasteiger partial charge in [0.1, 0.15) is 25.9 Å². The highest BCUT2D eigenvalue weighted by Gasteiger charge is 2.70. The Labute approximate surface area is 301 Å². The molecule has 50 heavy (non-hydrogen) atoms. The molecule has 2 aliphatic rings. The van der Waals surface area contributed by atoms with Crippen molar-refractivity contribution in [3.8, 4) is 11.1 Å². The summed E-state index contributed by atoms with van der Waals surface area (Å²) < 4.78 is 29.7. The first-order chi connectivity index (χ1) is 23.4. The number of amides is 2. The summed E-state index contributed by atoms with van der Waals surface area (Å²) in [7, 11) is 0. The number of carbonyl (C=O) groups excluding carboxylic acids is 5. The maximum atomic E-state index is 13.3. The molecule has 2 aromatic rings. The van der Waals surface area contributed by atoms with Crippen molar-refractivity contribution in [2.75, 3.05) is 19.8 Å². The second-order valence-electron chi connectivity index (χ2n) is 11.5. The Kier molecular flexibility index (Phi) is 12.1. The second-order valence-corrected chi connectivity index (χ2v) is 14.0. The van der Waals surface area contributed by atoms with Crippen LogP contribution in [0.5, 0.6) is 0 Å². The number of alkyl halides is 3. The lowest BCUT2D eigenvalue weighted by Crippen LogP contribution is -2.83. The number of ether oxygens (including phenoxy) is 6. The molecule has 1 aliphatic heterocycles. The minimum absolute atomic E-state index is 0.141. The van der Waals surface area contributed by atoms with Crippen molar-refractivity contribution in [2.45, 2.75) is 73.3 Å². The van der Waals surface area contributed by atoms with E-state index in [-0.39, 0.29) is 12.5 Å². The maximum absolute atomic E-state index is 13.3. The fourth-order valence-electron chi connectivity index (χ4n) is 5.86. The Bertz CT molecular complexity index is 1580. The van der Waals surface area contributed by atoms with Crippen molar-refractivity contribution in [1.29, 1.82) is 0 Å². The van der Waals surface area contributed by atoms with Crippen LogP contribution in [0.2, 0.25) is 0 Å². The highest BCUT2D eigenvalue weighted by Crippen LogP contribution is 2.45. The molecule has 0 bridgehead atoms. The van der Waals surface area contributed by atoms with E-state index >= 15 is 0 Å². The zero-order valence-corrected chi connectivity index (χ0v) is 29.4. The van der Waals surface area contributed by atoms with Gasteiger partial charge in [0, 0.05) is 26.7 Å². The lowest BCUT2D eigenvalue weighted by atomic mass is 9.82. The molecule has 15 nitrogen and oxygen atoms in total. The van der Waals surface area contributed by atoms with E-state index in [1.165, 1.54) is 0 Å². The highest BCUT2D eigenvalue weighted by atomic mass is 35.6. The van der Waals surface area contributed by atoms with Gasteiger partial charge < -0.3 is 44.0 Å². The molecule has 2 amide bonds. The third-order valence-electron chi connectivity index (χ3n) is 7.92. The fourth-order valence-corrected chi connectivity index (χ4v) is 6.02. The van der Waals surface area contributed by atoms with Gasteiger partial charge in [-0.3, -0.25) is 19.7 Å². The van der Waals surface area contributed by atoms with Crippen molar-refractivity contribution in [3.05, 3.63) is 59.7 Å². The third-order valence-corrected chi connectivity index (χ3v) is 8.25. The van der Waals surface area contributed by atoms with Crippen LogP contribution in [-0.4, -0.2) is 99.8 Å². The molecule has 1 fully saturated rings. The molecule has 1 heterocycles. The Hall–Kier alpha value is -3.86. The van der Waals surface area contributed by atoms with Gasteiger partial charge in [-0.1, -0.05) is 83.3 Å². The number of alkyl carbamates (subject to hydrolysis) is 2. The summed E-state index contributed by atoms with van der Waals surface area (Å²) in [6.45, 7) is 2.38. The Morgan fingerprint density at radius 2 is 1.38 bits per heavy atom. The summed E-state index contributed by atoms with van der Waals surface area (Å²) in [5.41, 5.74) is 0.498. The van der Waals surface area contributed by atoms with E-state index in [4.69, 9.17) is 63.2 Å². The molecule has 0 spiro atoms. The molecule has 6 atom stereocenters. The number of fused-ring (bicyclic) bond motifs is 3. The molecule has 1 saturated heterocycles. The number of carbonyl (C=O) groups is 5. The highest BCUT2D eigenvalue weighted by molar-refractivity contribution is 6.67. The first kappa shape index (κ1) is 38.9. The van der Waals surface area contributed by atoms with E-state index in [1.54, 1.807) is 0 Å². The fraction of sp³-hybridized carbons (Fsp3) is 0.469. The number of rotatable bonds is 10. The molecule has 0 radical (unpaired) electrons. The standard InChI is InChI=1S/C32H35Cl3N2O13/c1-16(36-28(41)46-13-24-22-11-7-5-9-20(22)21-10-6-8-12-23(21)24)32(44)31(43,37-29(42)47-15-30(33,34)35)27(49-19(4)40)26(48-18(3)39)25(50-32)14-45-17(2)38/h5-12,16,24-27,43-44H,13-15H2,1-4H3,(H,36,41)(H,37,42)/t16?,25-,26+,27+,31-,32-/m1/s1. The Morgan fingerprint density at radius 1 is 0.820 bits per heavy atom. The van der Waals surface area contributed by atoms with Gasteiger partial charge in [-0.05, 0) is 29.2 Å². The average Bonchev–Trinajstić information content (AvgIpc) is 3.34. The van der Waals surface area contributed by atoms with Crippen LogP contribution in [0.1, 0.15) is 44.7 Å². The summed E-state index contributed by atoms with van der Waals surface area (Å²) in [5, 5.41) is 28.5. The van der Waals surface area contributed by atoms with Crippen molar-refractivity contribution in [2.24, 2.45) is 0 Å². The second kappa shape index (κ2) is 15.6. The monoisotopic (exact) mass is 760 g/mol.